The zero-order valence-electron chi connectivity index (χ0n) is 11.8. The Morgan fingerprint density at radius 1 is 1.47 bits per heavy atom. The van der Waals surface area contributed by atoms with Gasteiger partial charge in [0, 0.05) is 12.6 Å². The Kier molecular flexibility index (Phi) is 5.34. The van der Waals surface area contributed by atoms with Gasteiger partial charge in [0.1, 0.15) is 5.82 Å². The number of hydrogen-bond donors (Lipinski definition) is 1. The number of hydrogen-bond acceptors (Lipinski definition) is 2. The number of benzene rings is 1. The van der Waals surface area contributed by atoms with Crippen molar-refractivity contribution in [2.75, 3.05) is 19.6 Å². The van der Waals surface area contributed by atoms with Crippen LogP contribution in [0.25, 0.3) is 0 Å². The second-order valence-electron chi connectivity index (χ2n) is 5.69. The Bertz CT molecular complexity index is 394. The van der Waals surface area contributed by atoms with Crippen LogP contribution in [0.5, 0.6) is 0 Å². The number of nitrogens with zero attached hydrogens (tertiary/aromatic N) is 1. The third-order valence-electron chi connectivity index (χ3n) is 4.10. The van der Waals surface area contributed by atoms with Gasteiger partial charge in [0.05, 0.1) is 0 Å². The average molecular weight is 264 g/mol. The van der Waals surface area contributed by atoms with Crippen molar-refractivity contribution in [3.8, 4) is 0 Å². The minimum Gasteiger partial charge on any atom is -0.324 e. The Morgan fingerprint density at radius 2 is 2.32 bits per heavy atom. The highest BCUT2D eigenvalue weighted by atomic mass is 19.1. The van der Waals surface area contributed by atoms with E-state index in [2.05, 4.69) is 11.8 Å². The lowest BCUT2D eigenvalue weighted by Gasteiger charge is -2.19. The molecule has 2 N–H and O–H groups in total. The summed E-state index contributed by atoms with van der Waals surface area (Å²) < 4.78 is 13.1. The molecule has 3 heteroatoms. The average Bonchev–Trinajstić information content (AvgIpc) is 2.84. The molecular weight excluding hydrogens is 239 g/mol. The highest BCUT2D eigenvalue weighted by Gasteiger charge is 2.21. The molecule has 1 aromatic rings. The van der Waals surface area contributed by atoms with Crippen molar-refractivity contribution in [2.24, 2.45) is 11.7 Å². The molecule has 1 aliphatic heterocycles. The van der Waals surface area contributed by atoms with Gasteiger partial charge in [-0.1, -0.05) is 25.5 Å². The molecule has 2 unspecified atom stereocenters. The lowest BCUT2D eigenvalue weighted by atomic mass is 10.0. The molecule has 106 valence electrons. The minimum absolute atomic E-state index is 0.0547. The van der Waals surface area contributed by atoms with Crippen molar-refractivity contribution < 1.29 is 4.39 Å². The zero-order chi connectivity index (χ0) is 13.7. The lowest BCUT2D eigenvalue weighted by molar-refractivity contribution is 0.306. The van der Waals surface area contributed by atoms with Crippen LogP contribution < -0.4 is 5.73 Å². The summed E-state index contributed by atoms with van der Waals surface area (Å²) in [5, 5.41) is 0. The van der Waals surface area contributed by atoms with Crippen LogP contribution in [-0.4, -0.2) is 24.5 Å². The summed E-state index contributed by atoms with van der Waals surface area (Å²) in [4.78, 5) is 2.50. The number of likely N-dealkylation sites (tertiary alicyclic amines) is 1. The van der Waals surface area contributed by atoms with E-state index in [1.54, 1.807) is 12.1 Å². The van der Waals surface area contributed by atoms with E-state index in [1.807, 2.05) is 6.07 Å². The van der Waals surface area contributed by atoms with E-state index in [0.29, 0.717) is 0 Å². The normalized spacial score (nSPS) is 21.7. The van der Waals surface area contributed by atoms with Gasteiger partial charge in [0.15, 0.2) is 0 Å². The van der Waals surface area contributed by atoms with Crippen LogP contribution in [0.2, 0.25) is 0 Å². The highest BCUT2D eigenvalue weighted by molar-refractivity contribution is 5.19. The summed E-state index contributed by atoms with van der Waals surface area (Å²) in [6.07, 6.45) is 4.85. The van der Waals surface area contributed by atoms with E-state index in [4.69, 9.17) is 5.73 Å². The molecule has 0 spiro atoms. The van der Waals surface area contributed by atoms with Gasteiger partial charge >= 0.3 is 0 Å². The van der Waals surface area contributed by atoms with Crippen molar-refractivity contribution in [1.29, 1.82) is 0 Å². The van der Waals surface area contributed by atoms with Crippen LogP contribution in [0.3, 0.4) is 0 Å². The van der Waals surface area contributed by atoms with Gasteiger partial charge in [-0.2, -0.15) is 0 Å². The van der Waals surface area contributed by atoms with Crippen LogP contribution in [0.4, 0.5) is 4.39 Å². The van der Waals surface area contributed by atoms with Crippen LogP contribution in [0, 0.1) is 11.7 Å². The van der Waals surface area contributed by atoms with E-state index < -0.39 is 0 Å². The SMILES string of the molecule is CCCC1CCN(CCC(N)c2cccc(F)c2)C1. The fraction of sp³-hybridized carbons (Fsp3) is 0.625. The monoisotopic (exact) mass is 264 g/mol. The zero-order valence-corrected chi connectivity index (χ0v) is 11.8. The van der Waals surface area contributed by atoms with E-state index in [9.17, 15) is 4.39 Å². The Balaban J connectivity index is 1.76. The van der Waals surface area contributed by atoms with Gasteiger partial charge in [-0.15, -0.1) is 0 Å². The van der Waals surface area contributed by atoms with Gasteiger partial charge < -0.3 is 10.6 Å². The molecule has 0 aliphatic carbocycles. The maximum atomic E-state index is 13.1. The summed E-state index contributed by atoms with van der Waals surface area (Å²) in [6, 6.07) is 6.61. The number of nitrogens with two attached hydrogens (primary N) is 1. The smallest absolute Gasteiger partial charge is 0.123 e. The molecular formula is C16H25FN2. The maximum Gasteiger partial charge on any atom is 0.123 e. The van der Waals surface area contributed by atoms with E-state index in [-0.39, 0.29) is 11.9 Å². The first-order valence-corrected chi connectivity index (χ1v) is 7.42. The topological polar surface area (TPSA) is 29.3 Å². The minimum atomic E-state index is -0.197. The van der Waals surface area contributed by atoms with Crippen molar-refractivity contribution in [2.45, 2.75) is 38.6 Å². The highest BCUT2D eigenvalue weighted by Crippen LogP contribution is 2.22. The fourth-order valence-corrected chi connectivity index (χ4v) is 2.99. The largest absolute Gasteiger partial charge is 0.324 e. The summed E-state index contributed by atoms with van der Waals surface area (Å²) in [5.74, 6) is 0.674. The Morgan fingerprint density at radius 3 is 3.05 bits per heavy atom. The molecule has 0 saturated carbocycles. The second-order valence-corrected chi connectivity index (χ2v) is 5.69. The number of halogens is 1. The van der Waals surface area contributed by atoms with Gasteiger partial charge in [0.2, 0.25) is 0 Å². The van der Waals surface area contributed by atoms with E-state index in [1.165, 1.54) is 38.4 Å². The van der Waals surface area contributed by atoms with E-state index >= 15 is 0 Å². The van der Waals surface area contributed by atoms with E-state index in [0.717, 1.165) is 24.4 Å². The summed E-state index contributed by atoms with van der Waals surface area (Å²) in [5.41, 5.74) is 7.05. The molecule has 0 amide bonds. The standard InChI is InChI=1S/C16H25FN2/c1-2-4-13-7-9-19(12-13)10-8-16(18)14-5-3-6-15(17)11-14/h3,5-6,11,13,16H,2,4,7-10,12,18H2,1H3. The molecule has 2 rings (SSSR count). The van der Waals surface area contributed by atoms with Crippen LogP contribution >= 0.6 is 0 Å². The molecule has 1 saturated heterocycles. The second kappa shape index (κ2) is 7.01. The van der Waals surface area contributed by atoms with Gasteiger partial charge in [-0.05, 0) is 56.0 Å². The molecule has 1 aliphatic rings. The fourth-order valence-electron chi connectivity index (χ4n) is 2.99. The third-order valence-corrected chi connectivity index (χ3v) is 4.10. The lowest BCUT2D eigenvalue weighted by Crippen LogP contribution is -2.25. The number of rotatable bonds is 6. The quantitative estimate of drug-likeness (QED) is 0.854. The Hall–Kier alpha value is -0.930. The summed E-state index contributed by atoms with van der Waals surface area (Å²) >= 11 is 0. The van der Waals surface area contributed by atoms with Gasteiger partial charge in [-0.3, -0.25) is 0 Å². The first-order valence-electron chi connectivity index (χ1n) is 7.42. The Labute approximate surface area is 115 Å². The molecule has 1 heterocycles. The van der Waals surface area contributed by atoms with Gasteiger partial charge in [0.25, 0.3) is 0 Å². The van der Waals surface area contributed by atoms with Crippen molar-refractivity contribution in [3.63, 3.8) is 0 Å². The molecule has 2 nitrogen and oxygen atoms in total. The first-order chi connectivity index (χ1) is 9.19. The summed E-state index contributed by atoms with van der Waals surface area (Å²) in [6.45, 7) is 5.69. The van der Waals surface area contributed by atoms with Crippen LogP contribution in [-0.2, 0) is 0 Å². The van der Waals surface area contributed by atoms with Crippen molar-refractivity contribution in [3.05, 3.63) is 35.6 Å². The molecule has 19 heavy (non-hydrogen) atoms. The van der Waals surface area contributed by atoms with Crippen molar-refractivity contribution in [1.82, 2.24) is 4.90 Å². The third kappa shape index (κ3) is 4.29. The molecule has 2 atom stereocenters. The first kappa shape index (κ1) is 14.5. The predicted molar refractivity (Wildman–Crippen MR) is 77.4 cm³/mol. The molecule has 0 aromatic heterocycles. The van der Waals surface area contributed by atoms with Crippen molar-refractivity contribution >= 4 is 0 Å². The molecule has 0 radical (unpaired) electrons. The predicted octanol–water partition coefficient (Wildman–Crippen LogP) is 3.34. The molecule has 0 bridgehead atoms. The summed E-state index contributed by atoms with van der Waals surface area (Å²) in [7, 11) is 0. The van der Waals surface area contributed by atoms with Crippen LogP contribution in [0.15, 0.2) is 24.3 Å². The maximum absolute atomic E-state index is 13.1. The van der Waals surface area contributed by atoms with Crippen LogP contribution in [0.1, 0.15) is 44.2 Å². The molecule has 1 fully saturated rings. The molecule has 1 aromatic carbocycles. The van der Waals surface area contributed by atoms with Gasteiger partial charge in [-0.25, -0.2) is 4.39 Å².